The first-order chi connectivity index (χ1) is 8.56. The molecule has 0 spiro atoms. The van der Waals surface area contributed by atoms with Gasteiger partial charge in [0.25, 0.3) is 5.69 Å². The van der Waals surface area contributed by atoms with Crippen LogP contribution in [0.4, 0.5) is 28.4 Å². The van der Waals surface area contributed by atoms with E-state index in [9.17, 15) is 10.1 Å². The lowest BCUT2D eigenvalue weighted by Gasteiger charge is -2.07. The molecule has 0 aliphatic rings. The molecule has 2 aromatic carbocycles. The van der Waals surface area contributed by atoms with Gasteiger partial charge >= 0.3 is 0 Å². The predicted octanol–water partition coefficient (Wildman–Crippen LogP) is 2.50. The number of nitrogens with one attached hydrogen (secondary N) is 1. The summed E-state index contributed by atoms with van der Waals surface area (Å²) in [6, 6.07) is 11.7. The molecule has 0 bridgehead atoms. The summed E-state index contributed by atoms with van der Waals surface area (Å²) in [5.74, 6) is 0. The lowest BCUT2D eigenvalue weighted by Crippen LogP contribution is -1.97. The smallest absolute Gasteiger partial charge is 0.292 e. The zero-order valence-electron chi connectivity index (χ0n) is 9.46. The minimum atomic E-state index is -0.514. The largest absolute Gasteiger partial charge is 0.399 e. The summed E-state index contributed by atoms with van der Waals surface area (Å²) < 4.78 is 0. The van der Waals surface area contributed by atoms with E-state index in [1.807, 2.05) is 12.1 Å². The Morgan fingerprint density at radius 1 is 1.06 bits per heavy atom. The molecule has 0 aliphatic carbocycles. The van der Waals surface area contributed by atoms with E-state index in [-0.39, 0.29) is 11.4 Å². The Kier molecular flexibility index (Phi) is 3.01. The van der Waals surface area contributed by atoms with Crippen LogP contribution in [-0.2, 0) is 0 Å². The lowest BCUT2D eigenvalue weighted by molar-refractivity contribution is -0.383. The fraction of sp³-hybridized carbons (Fsp3) is 0. The molecule has 0 saturated heterocycles. The molecule has 92 valence electrons. The van der Waals surface area contributed by atoms with Crippen molar-refractivity contribution in [1.29, 1.82) is 0 Å². The highest BCUT2D eigenvalue weighted by molar-refractivity contribution is 5.70. The number of nitrogen functional groups attached to an aromatic ring is 2. The Hall–Kier alpha value is -2.76. The molecule has 0 amide bonds. The van der Waals surface area contributed by atoms with E-state index in [1.54, 1.807) is 18.2 Å². The van der Waals surface area contributed by atoms with Gasteiger partial charge < -0.3 is 16.8 Å². The van der Waals surface area contributed by atoms with Gasteiger partial charge in [-0.05, 0) is 30.3 Å². The highest BCUT2D eigenvalue weighted by atomic mass is 16.6. The van der Waals surface area contributed by atoms with Crippen molar-refractivity contribution >= 4 is 28.4 Å². The average Bonchev–Trinajstić information content (AvgIpc) is 2.28. The molecule has 18 heavy (non-hydrogen) atoms. The standard InChI is InChI=1S/C12H12N4O2/c13-8-2-1-3-9(6-8)15-10-4-5-12(16(17)18)11(14)7-10/h1-7,15H,13-14H2. The Morgan fingerprint density at radius 2 is 1.78 bits per heavy atom. The number of hydrogen-bond donors (Lipinski definition) is 3. The van der Waals surface area contributed by atoms with Crippen LogP contribution in [0.2, 0.25) is 0 Å². The van der Waals surface area contributed by atoms with Gasteiger partial charge in [-0.25, -0.2) is 0 Å². The maximum absolute atomic E-state index is 10.6. The Labute approximate surface area is 103 Å². The summed E-state index contributed by atoms with van der Waals surface area (Å²) in [4.78, 5) is 10.1. The van der Waals surface area contributed by atoms with Crippen LogP contribution in [0.5, 0.6) is 0 Å². The van der Waals surface area contributed by atoms with E-state index < -0.39 is 4.92 Å². The summed E-state index contributed by atoms with van der Waals surface area (Å²) >= 11 is 0. The van der Waals surface area contributed by atoms with Crippen LogP contribution in [0.1, 0.15) is 0 Å². The molecule has 6 heteroatoms. The molecule has 0 aromatic heterocycles. The van der Waals surface area contributed by atoms with Gasteiger partial charge in [0, 0.05) is 23.1 Å². The van der Waals surface area contributed by atoms with Crippen molar-refractivity contribution < 1.29 is 4.92 Å². The molecule has 2 aromatic rings. The van der Waals surface area contributed by atoms with Gasteiger partial charge in [-0.2, -0.15) is 0 Å². The summed E-state index contributed by atoms with van der Waals surface area (Å²) in [5, 5.41) is 13.7. The molecule has 6 nitrogen and oxygen atoms in total. The molecule has 5 N–H and O–H groups in total. The fourth-order valence-electron chi connectivity index (χ4n) is 1.58. The van der Waals surface area contributed by atoms with Gasteiger partial charge in [-0.1, -0.05) is 6.07 Å². The third-order valence-corrected chi connectivity index (χ3v) is 2.40. The first-order valence-electron chi connectivity index (χ1n) is 5.23. The summed E-state index contributed by atoms with van der Waals surface area (Å²) in [6.07, 6.45) is 0. The molecule has 0 unspecified atom stereocenters. The van der Waals surface area contributed by atoms with E-state index >= 15 is 0 Å². The fourth-order valence-corrected chi connectivity index (χ4v) is 1.58. The summed E-state index contributed by atoms with van der Waals surface area (Å²) in [7, 11) is 0. The third-order valence-electron chi connectivity index (χ3n) is 2.40. The number of nitrogens with zero attached hydrogens (tertiary/aromatic N) is 1. The number of benzene rings is 2. The Morgan fingerprint density at radius 3 is 2.39 bits per heavy atom. The van der Waals surface area contributed by atoms with E-state index in [1.165, 1.54) is 12.1 Å². The van der Waals surface area contributed by atoms with Gasteiger partial charge in [-0.3, -0.25) is 10.1 Å². The second-order valence-electron chi connectivity index (χ2n) is 3.78. The monoisotopic (exact) mass is 244 g/mol. The first-order valence-corrected chi connectivity index (χ1v) is 5.23. The maximum atomic E-state index is 10.6. The predicted molar refractivity (Wildman–Crippen MR) is 71.6 cm³/mol. The minimum Gasteiger partial charge on any atom is -0.399 e. The number of hydrogen-bond acceptors (Lipinski definition) is 5. The molecule has 0 heterocycles. The normalized spacial score (nSPS) is 10.0. The van der Waals surface area contributed by atoms with Crippen molar-refractivity contribution in [2.45, 2.75) is 0 Å². The van der Waals surface area contributed by atoms with Crippen LogP contribution in [0.25, 0.3) is 0 Å². The quantitative estimate of drug-likeness (QED) is 0.437. The van der Waals surface area contributed by atoms with E-state index in [4.69, 9.17) is 11.5 Å². The zero-order chi connectivity index (χ0) is 13.1. The van der Waals surface area contributed by atoms with E-state index in [2.05, 4.69) is 5.32 Å². The molecule has 0 aliphatic heterocycles. The van der Waals surface area contributed by atoms with Crippen LogP contribution in [-0.4, -0.2) is 4.92 Å². The SMILES string of the molecule is Nc1cccc(Nc2ccc([N+](=O)[O-])c(N)c2)c1. The van der Waals surface area contributed by atoms with Crippen molar-refractivity contribution in [3.63, 3.8) is 0 Å². The van der Waals surface area contributed by atoms with Crippen molar-refractivity contribution in [1.82, 2.24) is 0 Å². The number of nitro benzene ring substituents is 1. The van der Waals surface area contributed by atoms with Crippen LogP contribution in [0.3, 0.4) is 0 Å². The van der Waals surface area contributed by atoms with Gasteiger partial charge in [-0.15, -0.1) is 0 Å². The molecule has 0 fully saturated rings. The lowest BCUT2D eigenvalue weighted by atomic mass is 10.2. The molecule has 0 radical (unpaired) electrons. The number of anilines is 4. The molecule has 0 saturated carbocycles. The highest BCUT2D eigenvalue weighted by Crippen LogP contribution is 2.27. The van der Waals surface area contributed by atoms with Crippen molar-refractivity contribution in [3.8, 4) is 0 Å². The zero-order valence-corrected chi connectivity index (χ0v) is 9.46. The molecular weight excluding hydrogens is 232 g/mol. The average molecular weight is 244 g/mol. The first kappa shape index (κ1) is 11.7. The highest BCUT2D eigenvalue weighted by Gasteiger charge is 2.10. The summed E-state index contributed by atoms with van der Waals surface area (Å²) in [5.41, 5.74) is 13.4. The summed E-state index contributed by atoms with van der Waals surface area (Å²) in [6.45, 7) is 0. The van der Waals surface area contributed by atoms with Crippen LogP contribution in [0, 0.1) is 10.1 Å². The molecule has 2 rings (SSSR count). The van der Waals surface area contributed by atoms with Gasteiger partial charge in [0.15, 0.2) is 0 Å². The Balaban J connectivity index is 2.25. The van der Waals surface area contributed by atoms with Crippen LogP contribution < -0.4 is 16.8 Å². The second kappa shape index (κ2) is 4.62. The van der Waals surface area contributed by atoms with E-state index in [0.717, 1.165) is 5.69 Å². The number of nitro groups is 1. The van der Waals surface area contributed by atoms with Gasteiger partial charge in [0.2, 0.25) is 0 Å². The van der Waals surface area contributed by atoms with E-state index in [0.29, 0.717) is 11.4 Å². The minimum absolute atomic E-state index is 0.104. The van der Waals surface area contributed by atoms with Crippen molar-refractivity contribution in [2.24, 2.45) is 0 Å². The third kappa shape index (κ3) is 2.49. The number of rotatable bonds is 3. The molecule has 0 atom stereocenters. The van der Waals surface area contributed by atoms with Crippen molar-refractivity contribution in [3.05, 3.63) is 52.6 Å². The molecular formula is C12H12N4O2. The Bertz CT molecular complexity index is 598. The van der Waals surface area contributed by atoms with Crippen LogP contribution in [0.15, 0.2) is 42.5 Å². The topological polar surface area (TPSA) is 107 Å². The number of nitrogens with two attached hydrogens (primary N) is 2. The maximum Gasteiger partial charge on any atom is 0.292 e. The van der Waals surface area contributed by atoms with Gasteiger partial charge in [0.05, 0.1) is 4.92 Å². The van der Waals surface area contributed by atoms with Crippen molar-refractivity contribution in [2.75, 3.05) is 16.8 Å². The second-order valence-corrected chi connectivity index (χ2v) is 3.78. The van der Waals surface area contributed by atoms with Crippen LogP contribution >= 0.6 is 0 Å². The van der Waals surface area contributed by atoms with Gasteiger partial charge in [0.1, 0.15) is 5.69 Å².